The number of carbonyl (C=O) groups is 2. The Bertz CT molecular complexity index is 546. The monoisotopic (exact) mass is 285 g/mol. The highest BCUT2D eigenvalue weighted by Crippen LogP contribution is 2.32. The van der Waals surface area contributed by atoms with Crippen LogP contribution in [0.1, 0.15) is 16.8 Å². The molecule has 1 amide bonds. The lowest BCUT2D eigenvalue weighted by molar-refractivity contribution is -0.149. The van der Waals surface area contributed by atoms with Crippen molar-refractivity contribution in [1.82, 2.24) is 4.90 Å². The molecule has 2 atom stereocenters. The number of rotatable bonds is 1. The number of fused-ring (bicyclic) bond motifs is 2. The topological polar surface area (TPSA) is 46.6 Å². The minimum atomic E-state index is -0.474. The van der Waals surface area contributed by atoms with Gasteiger partial charge in [0.1, 0.15) is 12.1 Å². The highest BCUT2D eigenvalue weighted by atomic mass is 35.5. The fraction of sp³-hybridized carbons (Fsp3) is 0.333. The van der Waals surface area contributed by atoms with Crippen molar-refractivity contribution in [2.75, 3.05) is 6.54 Å². The first kappa shape index (κ1) is 11.8. The fourth-order valence-corrected chi connectivity index (χ4v) is 2.76. The average molecular weight is 286 g/mol. The van der Waals surface area contributed by atoms with E-state index in [0.29, 0.717) is 28.6 Å². The minimum Gasteiger partial charge on any atom is -0.459 e. The molecule has 18 heavy (non-hydrogen) atoms. The van der Waals surface area contributed by atoms with E-state index in [2.05, 4.69) is 0 Å². The smallest absolute Gasteiger partial charge is 0.329 e. The molecule has 0 aromatic heterocycles. The van der Waals surface area contributed by atoms with Gasteiger partial charge in [0.25, 0.3) is 5.91 Å². The first-order chi connectivity index (χ1) is 8.56. The van der Waals surface area contributed by atoms with Gasteiger partial charge in [0.05, 0.1) is 17.1 Å². The number of morpholine rings is 1. The van der Waals surface area contributed by atoms with Crippen LogP contribution in [0.2, 0.25) is 10.0 Å². The summed E-state index contributed by atoms with van der Waals surface area (Å²) in [7, 11) is 0. The molecule has 0 aliphatic carbocycles. The molecule has 1 aromatic carbocycles. The molecule has 6 heteroatoms. The second kappa shape index (κ2) is 4.14. The Morgan fingerprint density at radius 1 is 1.39 bits per heavy atom. The van der Waals surface area contributed by atoms with E-state index in [4.69, 9.17) is 27.9 Å². The normalized spacial score (nSPS) is 25.4. The number of esters is 1. The number of carbonyl (C=O) groups excluding carboxylic acids is 2. The summed E-state index contributed by atoms with van der Waals surface area (Å²) in [4.78, 5) is 25.3. The van der Waals surface area contributed by atoms with Gasteiger partial charge in [-0.15, -0.1) is 0 Å². The molecule has 2 bridgehead atoms. The van der Waals surface area contributed by atoms with Crippen LogP contribution in [-0.2, 0) is 9.53 Å². The van der Waals surface area contributed by atoms with E-state index in [-0.39, 0.29) is 18.0 Å². The Morgan fingerprint density at radius 2 is 2.17 bits per heavy atom. The summed E-state index contributed by atoms with van der Waals surface area (Å²) in [5, 5.41) is 0.773. The molecule has 94 valence electrons. The molecular formula is C12H9Cl2NO3. The lowest BCUT2D eigenvalue weighted by Crippen LogP contribution is -2.44. The van der Waals surface area contributed by atoms with Gasteiger partial charge in [-0.1, -0.05) is 23.2 Å². The highest BCUT2D eigenvalue weighted by Gasteiger charge is 2.48. The summed E-state index contributed by atoms with van der Waals surface area (Å²) in [5.41, 5.74) is 0.324. The van der Waals surface area contributed by atoms with E-state index in [1.165, 1.54) is 11.0 Å². The second-order valence-electron chi connectivity index (χ2n) is 4.39. The second-order valence-corrected chi connectivity index (χ2v) is 5.24. The molecule has 2 saturated heterocycles. The highest BCUT2D eigenvalue weighted by molar-refractivity contribution is 6.35. The van der Waals surface area contributed by atoms with Gasteiger partial charge in [0.2, 0.25) is 0 Å². The van der Waals surface area contributed by atoms with Gasteiger partial charge in [0, 0.05) is 11.4 Å². The van der Waals surface area contributed by atoms with Gasteiger partial charge in [-0.2, -0.15) is 0 Å². The molecule has 0 unspecified atom stereocenters. The molecule has 2 aliphatic rings. The van der Waals surface area contributed by atoms with Gasteiger partial charge in [-0.25, -0.2) is 4.79 Å². The third-order valence-electron chi connectivity index (χ3n) is 3.24. The van der Waals surface area contributed by atoms with Crippen molar-refractivity contribution in [2.45, 2.75) is 18.6 Å². The summed E-state index contributed by atoms with van der Waals surface area (Å²) >= 11 is 11.8. The zero-order chi connectivity index (χ0) is 12.9. The molecule has 1 aromatic rings. The lowest BCUT2D eigenvalue weighted by Gasteiger charge is -2.26. The fourth-order valence-electron chi connectivity index (χ4n) is 2.39. The number of halogens is 2. The predicted molar refractivity (Wildman–Crippen MR) is 65.8 cm³/mol. The summed E-state index contributed by atoms with van der Waals surface area (Å²) in [6.45, 7) is 0.429. The molecule has 4 nitrogen and oxygen atoms in total. The van der Waals surface area contributed by atoms with Crippen molar-refractivity contribution in [3.8, 4) is 0 Å². The van der Waals surface area contributed by atoms with E-state index in [0.717, 1.165) is 0 Å². The minimum absolute atomic E-state index is 0.176. The van der Waals surface area contributed by atoms with Crippen LogP contribution in [0, 0.1) is 0 Å². The Hall–Kier alpha value is -1.26. The van der Waals surface area contributed by atoms with Crippen molar-refractivity contribution in [2.24, 2.45) is 0 Å². The molecule has 2 heterocycles. The quantitative estimate of drug-likeness (QED) is 0.743. The molecule has 2 aliphatic heterocycles. The van der Waals surface area contributed by atoms with Crippen LogP contribution in [0.15, 0.2) is 18.2 Å². The third kappa shape index (κ3) is 1.76. The van der Waals surface area contributed by atoms with E-state index in [9.17, 15) is 9.59 Å². The van der Waals surface area contributed by atoms with Crippen molar-refractivity contribution in [3.05, 3.63) is 33.8 Å². The molecule has 0 N–H and O–H groups in total. The number of amides is 1. The largest absolute Gasteiger partial charge is 0.459 e. The maximum Gasteiger partial charge on any atom is 0.329 e. The summed E-state index contributed by atoms with van der Waals surface area (Å²) in [6, 6.07) is 4.23. The van der Waals surface area contributed by atoms with E-state index in [1.807, 2.05) is 0 Å². The zero-order valence-electron chi connectivity index (χ0n) is 9.23. The molecule has 0 saturated carbocycles. The zero-order valence-corrected chi connectivity index (χ0v) is 10.7. The summed E-state index contributed by atoms with van der Waals surface area (Å²) in [6.07, 6.45) is 0.396. The van der Waals surface area contributed by atoms with Gasteiger partial charge in [-0.05, 0) is 18.2 Å². The Morgan fingerprint density at radius 3 is 2.83 bits per heavy atom. The third-order valence-corrected chi connectivity index (χ3v) is 3.80. The Kier molecular flexibility index (Phi) is 2.72. The first-order valence-corrected chi connectivity index (χ1v) is 6.28. The van der Waals surface area contributed by atoms with E-state index >= 15 is 0 Å². The molecule has 2 fully saturated rings. The van der Waals surface area contributed by atoms with Crippen LogP contribution >= 0.6 is 23.2 Å². The van der Waals surface area contributed by atoms with Gasteiger partial charge in [0.15, 0.2) is 0 Å². The van der Waals surface area contributed by atoms with Gasteiger partial charge >= 0.3 is 5.97 Å². The number of benzene rings is 1. The van der Waals surface area contributed by atoms with Crippen molar-refractivity contribution in [1.29, 1.82) is 0 Å². The average Bonchev–Trinajstić information content (AvgIpc) is 2.90. The van der Waals surface area contributed by atoms with E-state index in [1.54, 1.807) is 12.1 Å². The number of likely N-dealkylation sites (tertiary alicyclic amines) is 1. The number of hydrogen-bond acceptors (Lipinski definition) is 3. The van der Waals surface area contributed by atoms with Crippen LogP contribution in [0.25, 0.3) is 0 Å². The van der Waals surface area contributed by atoms with Crippen molar-refractivity contribution in [3.63, 3.8) is 0 Å². The number of hydrogen-bond donors (Lipinski definition) is 0. The van der Waals surface area contributed by atoms with E-state index < -0.39 is 6.04 Å². The van der Waals surface area contributed by atoms with Crippen LogP contribution < -0.4 is 0 Å². The predicted octanol–water partition coefficient (Wildman–Crippen LogP) is 2.13. The number of ether oxygens (including phenoxy) is 1. The molecule has 3 rings (SSSR count). The van der Waals surface area contributed by atoms with Crippen LogP contribution in [0.4, 0.5) is 0 Å². The van der Waals surface area contributed by atoms with Crippen LogP contribution in [0.5, 0.6) is 0 Å². The van der Waals surface area contributed by atoms with Crippen LogP contribution in [0.3, 0.4) is 0 Å². The van der Waals surface area contributed by atoms with Crippen molar-refractivity contribution < 1.29 is 14.3 Å². The van der Waals surface area contributed by atoms with Crippen LogP contribution in [-0.4, -0.2) is 35.5 Å². The van der Waals surface area contributed by atoms with Crippen molar-refractivity contribution >= 4 is 35.1 Å². The Labute approximate surface area is 113 Å². The summed E-state index contributed by atoms with van der Waals surface area (Å²) in [5.74, 6) is -0.607. The molecule has 0 radical (unpaired) electrons. The molecule has 0 spiro atoms. The van der Waals surface area contributed by atoms with Gasteiger partial charge in [-0.3, -0.25) is 4.79 Å². The molecular weight excluding hydrogens is 277 g/mol. The SMILES string of the molecule is O=C1O[C@H]2C[C@H]1N(C(=O)c1cc(Cl)ccc1Cl)C2. The summed E-state index contributed by atoms with van der Waals surface area (Å²) < 4.78 is 5.04. The van der Waals surface area contributed by atoms with Gasteiger partial charge < -0.3 is 9.64 Å². The Balaban J connectivity index is 1.91. The lowest BCUT2D eigenvalue weighted by atomic mass is 10.1. The maximum absolute atomic E-state index is 12.3. The first-order valence-electron chi connectivity index (χ1n) is 5.53. The standard InChI is InChI=1S/C12H9Cl2NO3/c13-6-1-2-9(14)8(3-6)11(16)15-5-7-4-10(15)12(17)18-7/h1-3,7,10H,4-5H2/t7-,10+/m0/s1. The number of nitrogens with zero attached hydrogens (tertiary/aromatic N) is 1. The maximum atomic E-state index is 12.3.